The quantitative estimate of drug-likeness (QED) is 0.328. The average Bonchev–Trinajstić information content (AvgIpc) is 3.19. The fraction of sp³-hybridized carbons (Fsp3) is 0. The molecule has 2 nitrogen and oxygen atoms in total. The Labute approximate surface area is 175 Å². The molecule has 0 unspecified atom stereocenters. The van der Waals surface area contributed by atoms with E-state index in [2.05, 4.69) is 125 Å². The summed E-state index contributed by atoms with van der Waals surface area (Å²) >= 11 is 0. The first kappa shape index (κ1) is 16.9. The van der Waals surface area contributed by atoms with Gasteiger partial charge >= 0.3 is 0 Å². The Morgan fingerprint density at radius 1 is 0.467 bits per heavy atom. The van der Waals surface area contributed by atoms with E-state index in [9.17, 15) is 0 Å². The maximum absolute atomic E-state index is 3.60. The number of nitrogens with zero attached hydrogens (tertiary/aromatic N) is 1. The number of H-pyrrole nitrogens is 1. The minimum absolute atomic E-state index is 1.15. The Bertz CT molecular complexity index is 1440. The van der Waals surface area contributed by atoms with Crippen molar-refractivity contribution in [2.45, 2.75) is 0 Å². The smallest absolute Gasteiger partial charge is 0.0471 e. The van der Waals surface area contributed by atoms with Crippen molar-refractivity contribution in [1.29, 1.82) is 0 Å². The molecule has 2 heteroatoms. The second kappa shape index (κ2) is 6.78. The van der Waals surface area contributed by atoms with Crippen LogP contribution in [0, 0.1) is 0 Å². The van der Waals surface area contributed by atoms with E-state index in [-0.39, 0.29) is 0 Å². The summed E-state index contributed by atoms with van der Waals surface area (Å²) in [6.07, 6.45) is 0. The van der Waals surface area contributed by atoms with Crippen molar-refractivity contribution in [2.75, 3.05) is 4.90 Å². The van der Waals surface area contributed by atoms with E-state index in [1.807, 2.05) is 0 Å². The van der Waals surface area contributed by atoms with E-state index in [1.165, 1.54) is 27.1 Å². The monoisotopic (exact) mass is 384 g/mol. The number of fused-ring (bicyclic) bond motifs is 5. The predicted molar refractivity (Wildman–Crippen MR) is 128 cm³/mol. The molecule has 1 heterocycles. The highest BCUT2D eigenvalue weighted by molar-refractivity contribution is 6.20. The fourth-order valence-corrected chi connectivity index (χ4v) is 4.40. The van der Waals surface area contributed by atoms with Crippen molar-refractivity contribution in [3.8, 4) is 0 Å². The molecule has 6 rings (SSSR count). The number of hydrogen-bond acceptors (Lipinski definition) is 1. The number of para-hydroxylation sites is 2. The molecule has 30 heavy (non-hydrogen) atoms. The zero-order valence-corrected chi connectivity index (χ0v) is 16.4. The maximum atomic E-state index is 3.60. The third kappa shape index (κ3) is 2.66. The summed E-state index contributed by atoms with van der Waals surface area (Å²) in [6, 6.07) is 40.7. The van der Waals surface area contributed by atoms with Gasteiger partial charge < -0.3 is 9.88 Å². The summed E-state index contributed by atoms with van der Waals surface area (Å²) in [7, 11) is 0. The Balaban J connectivity index is 1.64. The lowest BCUT2D eigenvalue weighted by Gasteiger charge is -2.25. The first-order valence-corrected chi connectivity index (χ1v) is 10.2. The molecular formula is C28H20N2. The van der Waals surface area contributed by atoms with Crippen molar-refractivity contribution in [3.63, 3.8) is 0 Å². The van der Waals surface area contributed by atoms with Gasteiger partial charge in [0.15, 0.2) is 0 Å². The minimum atomic E-state index is 1.15. The van der Waals surface area contributed by atoms with Crippen LogP contribution in [-0.4, -0.2) is 4.98 Å². The van der Waals surface area contributed by atoms with Crippen molar-refractivity contribution in [2.24, 2.45) is 0 Å². The van der Waals surface area contributed by atoms with Crippen LogP contribution in [-0.2, 0) is 0 Å². The number of aromatic amines is 1. The number of aromatic nitrogens is 1. The van der Waals surface area contributed by atoms with Crippen molar-refractivity contribution in [1.82, 2.24) is 4.98 Å². The highest BCUT2D eigenvalue weighted by Crippen LogP contribution is 2.39. The zero-order chi connectivity index (χ0) is 19.9. The Kier molecular flexibility index (Phi) is 3.82. The first-order chi connectivity index (χ1) is 14.9. The molecule has 0 spiro atoms. The second-order valence-electron chi connectivity index (χ2n) is 7.57. The molecule has 0 radical (unpaired) electrons. The number of nitrogens with one attached hydrogen (secondary N) is 1. The second-order valence-corrected chi connectivity index (χ2v) is 7.57. The summed E-state index contributed by atoms with van der Waals surface area (Å²) in [6.45, 7) is 0. The van der Waals surface area contributed by atoms with Crippen LogP contribution in [0.25, 0.3) is 32.6 Å². The molecule has 0 aliphatic carbocycles. The maximum Gasteiger partial charge on any atom is 0.0471 e. The van der Waals surface area contributed by atoms with E-state index in [0.29, 0.717) is 0 Å². The molecule has 0 aliphatic heterocycles. The number of anilines is 3. The van der Waals surface area contributed by atoms with Crippen LogP contribution in [0.2, 0.25) is 0 Å². The number of rotatable bonds is 3. The van der Waals surface area contributed by atoms with Crippen LogP contribution in [0.15, 0.2) is 115 Å². The first-order valence-electron chi connectivity index (χ1n) is 10.2. The lowest BCUT2D eigenvalue weighted by atomic mass is 10.0. The SMILES string of the molecule is c1ccc(N(c2ccccc2)c2ccc3[nH]c4ccc5ccccc5c4c3c2)cc1. The van der Waals surface area contributed by atoms with E-state index in [0.717, 1.165) is 22.6 Å². The summed E-state index contributed by atoms with van der Waals surface area (Å²) in [5.41, 5.74) is 5.77. The molecule has 6 aromatic rings. The Morgan fingerprint density at radius 3 is 1.83 bits per heavy atom. The van der Waals surface area contributed by atoms with Crippen molar-refractivity contribution >= 4 is 49.6 Å². The molecule has 0 atom stereocenters. The fourth-order valence-electron chi connectivity index (χ4n) is 4.40. The van der Waals surface area contributed by atoms with Crippen LogP contribution in [0.1, 0.15) is 0 Å². The van der Waals surface area contributed by atoms with Gasteiger partial charge in [0.25, 0.3) is 0 Å². The Hall–Kier alpha value is -4.04. The topological polar surface area (TPSA) is 19.0 Å². The molecule has 5 aromatic carbocycles. The summed E-state index contributed by atoms with van der Waals surface area (Å²) in [5, 5.41) is 5.07. The highest BCUT2D eigenvalue weighted by Gasteiger charge is 2.14. The molecule has 1 N–H and O–H groups in total. The van der Waals surface area contributed by atoms with Gasteiger partial charge in [0.1, 0.15) is 0 Å². The number of benzene rings is 5. The molecule has 0 fully saturated rings. The molecule has 0 aliphatic rings. The van der Waals surface area contributed by atoms with Crippen LogP contribution in [0.3, 0.4) is 0 Å². The highest BCUT2D eigenvalue weighted by atomic mass is 15.1. The van der Waals surface area contributed by atoms with E-state index in [4.69, 9.17) is 0 Å². The van der Waals surface area contributed by atoms with Crippen LogP contribution in [0.5, 0.6) is 0 Å². The average molecular weight is 384 g/mol. The van der Waals surface area contributed by atoms with Gasteiger partial charge in [-0.05, 0) is 59.3 Å². The molecule has 0 saturated heterocycles. The van der Waals surface area contributed by atoms with Crippen molar-refractivity contribution < 1.29 is 0 Å². The molecule has 0 amide bonds. The summed E-state index contributed by atoms with van der Waals surface area (Å²) < 4.78 is 0. The molecule has 0 saturated carbocycles. The van der Waals surface area contributed by atoms with Gasteiger partial charge in [-0.25, -0.2) is 0 Å². The molecular weight excluding hydrogens is 364 g/mol. The van der Waals surface area contributed by atoms with Crippen LogP contribution in [0.4, 0.5) is 17.1 Å². The lowest BCUT2D eigenvalue weighted by Crippen LogP contribution is -2.09. The van der Waals surface area contributed by atoms with Gasteiger partial charge in [0.2, 0.25) is 0 Å². The van der Waals surface area contributed by atoms with Gasteiger partial charge in [0, 0.05) is 38.9 Å². The van der Waals surface area contributed by atoms with Gasteiger partial charge in [-0.3, -0.25) is 0 Å². The Morgan fingerprint density at radius 2 is 1.10 bits per heavy atom. The van der Waals surface area contributed by atoms with Crippen LogP contribution < -0.4 is 4.90 Å². The largest absolute Gasteiger partial charge is 0.354 e. The third-order valence-electron chi connectivity index (χ3n) is 5.76. The predicted octanol–water partition coefficient (Wildman–Crippen LogP) is 7.94. The minimum Gasteiger partial charge on any atom is -0.354 e. The van der Waals surface area contributed by atoms with Gasteiger partial charge in [-0.1, -0.05) is 66.7 Å². The van der Waals surface area contributed by atoms with Gasteiger partial charge in [-0.15, -0.1) is 0 Å². The van der Waals surface area contributed by atoms with Crippen molar-refractivity contribution in [3.05, 3.63) is 115 Å². The summed E-state index contributed by atoms with van der Waals surface area (Å²) in [4.78, 5) is 5.91. The van der Waals surface area contributed by atoms with E-state index >= 15 is 0 Å². The normalized spacial score (nSPS) is 11.3. The van der Waals surface area contributed by atoms with Crippen LogP contribution >= 0.6 is 0 Å². The zero-order valence-electron chi connectivity index (χ0n) is 16.4. The standard InChI is InChI=1S/C28H20N2/c1-3-10-21(11-4-1)30(22-12-5-2-6-13-22)23-16-18-26-25(19-23)28-24-14-8-7-9-20(24)15-17-27(28)29-26/h1-19,29H. The molecule has 0 bridgehead atoms. The third-order valence-corrected chi connectivity index (χ3v) is 5.76. The van der Waals surface area contributed by atoms with E-state index in [1.54, 1.807) is 0 Å². The van der Waals surface area contributed by atoms with E-state index < -0.39 is 0 Å². The molecule has 1 aromatic heterocycles. The summed E-state index contributed by atoms with van der Waals surface area (Å²) in [5.74, 6) is 0. The number of hydrogen-bond donors (Lipinski definition) is 1. The molecule has 142 valence electrons. The van der Waals surface area contributed by atoms with Gasteiger partial charge in [0.05, 0.1) is 0 Å². The van der Waals surface area contributed by atoms with Gasteiger partial charge in [-0.2, -0.15) is 0 Å². The lowest BCUT2D eigenvalue weighted by molar-refractivity contribution is 1.29.